The van der Waals surface area contributed by atoms with E-state index >= 15 is 0 Å². The third-order valence-electron chi connectivity index (χ3n) is 3.71. The molecule has 1 N–H and O–H groups in total. The molecule has 0 aliphatic rings. The molecule has 0 unspecified atom stereocenters. The van der Waals surface area contributed by atoms with Crippen LogP contribution in [0.2, 0.25) is 0 Å². The summed E-state index contributed by atoms with van der Waals surface area (Å²) in [6.07, 6.45) is 10.7. The van der Waals surface area contributed by atoms with Gasteiger partial charge in [-0.15, -0.1) is 0 Å². The molecule has 2 heteroatoms. The lowest BCUT2D eigenvalue weighted by Gasteiger charge is -2.09. The van der Waals surface area contributed by atoms with Crippen LogP contribution in [-0.2, 0) is 0 Å². The Bertz CT molecular complexity index is 418. The summed E-state index contributed by atoms with van der Waals surface area (Å²) in [6, 6.07) is 8.01. The van der Waals surface area contributed by atoms with Crippen molar-refractivity contribution in [2.75, 3.05) is 11.9 Å². The minimum absolute atomic E-state index is 0.731. The van der Waals surface area contributed by atoms with Crippen LogP contribution in [0.4, 0.5) is 5.69 Å². The number of nitriles is 1. The average molecular weight is 272 g/mol. The molecular formula is C18H28N2. The monoisotopic (exact) mass is 272 g/mol. The fraction of sp³-hybridized carbons (Fsp3) is 0.611. The molecule has 110 valence electrons. The summed E-state index contributed by atoms with van der Waals surface area (Å²) in [6.45, 7) is 5.34. The molecule has 0 atom stereocenters. The van der Waals surface area contributed by atoms with Gasteiger partial charge in [0.25, 0.3) is 0 Å². The Morgan fingerprint density at radius 2 is 1.65 bits per heavy atom. The second-order valence-corrected chi connectivity index (χ2v) is 5.54. The van der Waals surface area contributed by atoms with Gasteiger partial charge in [0.15, 0.2) is 0 Å². The molecule has 0 aliphatic carbocycles. The van der Waals surface area contributed by atoms with Gasteiger partial charge in [0, 0.05) is 12.2 Å². The lowest BCUT2D eigenvalue weighted by atomic mass is 10.1. The number of anilines is 1. The van der Waals surface area contributed by atoms with Gasteiger partial charge in [-0.2, -0.15) is 5.26 Å². The molecule has 0 fully saturated rings. The Hall–Kier alpha value is -1.49. The normalized spacial score (nSPS) is 10.2. The van der Waals surface area contributed by atoms with Crippen LogP contribution in [0.15, 0.2) is 18.2 Å². The van der Waals surface area contributed by atoms with Crippen LogP contribution in [0.25, 0.3) is 0 Å². The van der Waals surface area contributed by atoms with Crippen LogP contribution < -0.4 is 5.32 Å². The molecule has 0 spiro atoms. The Morgan fingerprint density at radius 1 is 1.00 bits per heavy atom. The minimum atomic E-state index is 0.731. The van der Waals surface area contributed by atoms with Crippen LogP contribution in [0.1, 0.15) is 69.4 Å². The maximum absolute atomic E-state index is 8.91. The molecule has 0 bridgehead atoms. The first kappa shape index (κ1) is 16.6. The summed E-state index contributed by atoms with van der Waals surface area (Å²) >= 11 is 0. The minimum Gasteiger partial charge on any atom is -0.385 e. The molecule has 0 saturated heterocycles. The lowest BCUT2D eigenvalue weighted by Crippen LogP contribution is -2.03. The molecule has 1 rings (SSSR count). The Balaban J connectivity index is 2.11. The van der Waals surface area contributed by atoms with E-state index < -0.39 is 0 Å². The van der Waals surface area contributed by atoms with Crippen LogP contribution >= 0.6 is 0 Å². The molecule has 20 heavy (non-hydrogen) atoms. The Kier molecular flexibility index (Phi) is 8.54. The van der Waals surface area contributed by atoms with Crippen molar-refractivity contribution in [2.45, 2.75) is 65.2 Å². The van der Waals surface area contributed by atoms with Crippen LogP contribution in [0.3, 0.4) is 0 Å². The molecule has 0 radical (unpaired) electrons. The highest BCUT2D eigenvalue weighted by Crippen LogP contribution is 2.16. The summed E-state index contributed by atoms with van der Waals surface area (Å²) in [5.74, 6) is 0. The van der Waals surface area contributed by atoms with E-state index in [2.05, 4.69) is 25.2 Å². The number of nitrogens with one attached hydrogen (secondary N) is 1. The van der Waals surface area contributed by atoms with Crippen molar-refractivity contribution in [3.63, 3.8) is 0 Å². The van der Waals surface area contributed by atoms with Gasteiger partial charge in [0.2, 0.25) is 0 Å². The first-order valence-electron chi connectivity index (χ1n) is 8.02. The van der Waals surface area contributed by atoms with E-state index in [9.17, 15) is 0 Å². The third kappa shape index (κ3) is 6.61. The predicted octanol–water partition coefficient (Wildman–Crippen LogP) is 5.42. The number of aryl methyl sites for hydroxylation is 1. The van der Waals surface area contributed by atoms with Crippen molar-refractivity contribution in [3.8, 4) is 6.07 Å². The number of unbranched alkanes of at least 4 members (excludes halogenated alkanes) is 7. The first-order chi connectivity index (χ1) is 9.77. The standard InChI is InChI=1S/C18H28N2/c1-3-4-5-6-7-8-9-10-13-20-18-14-17(15-19)12-11-16(18)2/h11-12,14,20H,3-10,13H2,1-2H3. The molecule has 1 aromatic carbocycles. The van der Waals surface area contributed by atoms with E-state index in [-0.39, 0.29) is 0 Å². The number of hydrogen-bond acceptors (Lipinski definition) is 2. The topological polar surface area (TPSA) is 35.8 Å². The van der Waals surface area contributed by atoms with Crippen molar-refractivity contribution in [3.05, 3.63) is 29.3 Å². The van der Waals surface area contributed by atoms with Gasteiger partial charge in [-0.25, -0.2) is 0 Å². The van der Waals surface area contributed by atoms with Gasteiger partial charge >= 0.3 is 0 Å². The van der Waals surface area contributed by atoms with Crippen LogP contribution in [0.5, 0.6) is 0 Å². The number of nitrogens with zero attached hydrogens (tertiary/aromatic N) is 1. The highest BCUT2D eigenvalue weighted by molar-refractivity contribution is 5.55. The summed E-state index contributed by atoms with van der Waals surface area (Å²) in [5.41, 5.74) is 3.05. The maximum Gasteiger partial charge on any atom is 0.0992 e. The third-order valence-corrected chi connectivity index (χ3v) is 3.71. The Labute approximate surface area is 124 Å². The summed E-state index contributed by atoms with van der Waals surface area (Å²) in [5, 5.41) is 12.4. The van der Waals surface area contributed by atoms with Crippen molar-refractivity contribution in [2.24, 2.45) is 0 Å². The maximum atomic E-state index is 8.91. The van der Waals surface area contributed by atoms with E-state index in [0.29, 0.717) is 0 Å². The predicted molar refractivity (Wildman–Crippen MR) is 87.0 cm³/mol. The van der Waals surface area contributed by atoms with Gasteiger partial charge in [-0.05, 0) is 31.0 Å². The zero-order valence-electron chi connectivity index (χ0n) is 13.0. The lowest BCUT2D eigenvalue weighted by molar-refractivity contribution is 0.581. The number of benzene rings is 1. The number of rotatable bonds is 10. The average Bonchev–Trinajstić information content (AvgIpc) is 2.47. The molecule has 0 heterocycles. The second-order valence-electron chi connectivity index (χ2n) is 5.54. The molecule has 0 aromatic heterocycles. The van der Waals surface area contributed by atoms with E-state index in [1.54, 1.807) is 0 Å². The summed E-state index contributed by atoms with van der Waals surface area (Å²) < 4.78 is 0. The zero-order valence-corrected chi connectivity index (χ0v) is 13.0. The first-order valence-corrected chi connectivity index (χ1v) is 8.02. The molecule has 0 amide bonds. The smallest absolute Gasteiger partial charge is 0.0992 e. The zero-order chi connectivity index (χ0) is 14.6. The molecule has 2 nitrogen and oxygen atoms in total. The van der Waals surface area contributed by atoms with Gasteiger partial charge in [-0.3, -0.25) is 0 Å². The summed E-state index contributed by atoms with van der Waals surface area (Å²) in [4.78, 5) is 0. The van der Waals surface area contributed by atoms with Crippen LogP contribution in [-0.4, -0.2) is 6.54 Å². The van der Waals surface area contributed by atoms with Gasteiger partial charge in [-0.1, -0.05) is 57.9 Å². The fourth-order valence-corrected chi connectivity index (χ4v) is 2.36. The van der Waals surface area contributed by atoms with Crippen molar-refractivity contribution in [1.29, 1.82) is 5.26 Å². The van der Waals surface area contributed by atoms with E-state index in [1.165, 1.54) is 56.9 Å². The second kappa shape index (κ2) is 10.3. The highest BCUT2D eigenvalue weighted by atomic mass is 14.9. The molecule has 1 aromatic rings. The highest BCUT2D eigenvalue weighted by Gasteiger charge is 1.99. The fourth-order valence-electron chi connectivity index (χ4n) is 2.36. The van der Waals surface area contributed by atoms with E-state index in [1.807, 2.05) is 18.2 Å². The van der Waals surface area contributed by atoms with Crippen molar-refractivity contribution < 1.29 is 0 Å². The largest absolute Gasteiger partial charge is 0.385 e. The van der Waals surface area contributed by atoms with Crippen LogP contribution in [0, 0.1) is 18.3 Å². The molecule has 0 saturated carbocycles. The molecular weight excluding hydrogens is 244 g/mol. The van der Waals surface area contributed by atoms with Crippen molar-refractivity contribution >= 4 is 5.69 Å². The molecule has 0 aliphatic heterocycles. The van der Waals surface area contributed by atoms with E-state index in [4.69, 9.17) is 5.26 Å². The Morgan fingerprint density at radius 3 is 2.30 bits per heavy atom. The quantitative estimate of drug-likeness (QED) is 0.577. The van der Waals surface area contributed by atoms with E-state index in [0.717, 1.165) is 17.8 Å². The van der Waals surface area contributed by atoms with Crippen molar-refractivity contribution in [1.82, 2.24) is 0 Å². The van der Waals surface area contributed by atoms with Gasteiger partial charge < -0.3 is 5.32 Å². The SMILES string of the molecule is CCCCCCCCCCNc1cc(C#N)ccc1C. The van der Waals surface area contributed by atoms with Gasteiger partial charge in [0.1, 0.15) is 0 Å². The number of hydrogen-bond donors (Lipinski definition) is 1. The summed E-state index contributed by atoms with van der Waals surface area (Å²) in [7, 11) is 0. The van der Waals surface area contributed by atoms with Gasteiger partial charge in [0.05, 0.1) is 11.6 Å².